The molecule has 0 aromatic carbocycles. The van der Waals surface area contributed by atoms with Crippen LogP contribution in [0.3, 0.4) is 0 Å². The maximum Gasteiger partial charge on any atom is 0.311 e. The minimum Gasteiger partial charge on any atom is -0.468 e. The van der Waals surface area contributed by atoms with Crippen molar-refractivity contribution in [2.24, 2.45) is 0 Å². The van der Waals surface area contributed by atoms with Gasteiger partial charge in [0.1, 0.15) is 6.33 Å². The van der Waals surface area contributed by atoms with Gasteiger partial charge in [-0.2, -0.15) is 10.1 Å². The van der Waals surface area contributed by atoms with Gasteiger partial charge in [0, 0.05) is 0 Å². The molecule has 41 valence electrons. The van der Waals surface area contributed by atoms with Crippen molar-refractivity contribution in [2.45, 2.75) is 0 Å². The largest absolute Gasteiger partial charge is 0.468 e. The number of hydrogen-bond donors (Lipinski definition) is 1. The van der Waals surface area contributed by atoms with Crippen LogP contribution in [0.5, 0.6) is 6.01 Å². The van der Waals surface area contributed by atoms with Gasteiger partial charge < -0.3 is 4.74 Å². The van der Waals surface area contributed by atoms with Crippen molar-refractivity contribution in [3.63, 3.8) is 0 Å². The zero-order valence-corrected chi connectivity index (χ0v) is 5.09. The van der Waals surface area contributed by atoms with Crippen molar-refractivity contribution in [1.82, 2.24) is 15.2 Å². The van der Waals surface area contributed by atoms with Crippen LogP contribution in [0.1, 0.15) is 0 Å². The van der Waals surface area contributed by atoms with Crippen molar-refractivity contribution in [3.8, 4) is 6.01 Å². The van der Waals surface area contributed by atoms with Crippen LogP contribution in [0.15, 0.2) is 6.33 Å². The monoisotopic (exact) mass is 126 g/mol. The van der Waals surface area contributed by atoms with Crippen LogP contribution in [0.4, 0.5) is 0 Å². The fraction of sp³-hybridized carbons (Fsp3) is 0.333. The Morgan fingerprint density at radius 2 is 2.75 bits per heavy atom. The number of hydrogen-bond acceptors (Lipinski definition) is 3. The van der Waals surface area contributed by atoms with Crippen molar-refractivity contribution in [2.75, 3.05) is 6.23 Å². The molecule has 0 aliphatic heterocycles. The number of rotatable bonds is 2. The average Bonchev–Trinajstić information content (AvgIpc) is 2.19. The second-order valence-corrected chi connectivity index (χ2v) is 1.37. The first-order valence-corrected chi connectivity index (χ1v) is 2.77. The minimum absolute atomic E-state index is 0.426. The highest BCUT2D eigenvalue weighted by atomic mass is 28.1. The first-order chi connectivity index (χ1) is 3.93. The van der Waals surface area contributed by atoms with E-state index < -0.39 is 0 Å². The van der Waals surface area contributed by atoms with Crippen LogP contribution >= 0.6 is 0 Å². The van der Waals surface area contributed by atoms with Gasteiger partial charge in [-0.15, -0.1) is 0 Å². The summed E-state index contributed by atoms with van der Waals surface area (Å²) in [7, 11) is 3.10. The predicted octanol–water partition coefficient (Wildman–Crippen LogP) is -0.691. The van der Waals surface area contributed by atoms with Crippen LogP contribution < -0.4 is 4.74 Å². The Hall–Kier alpha value is -0.843. The van der Waals surface area contributed by atoms with Crippen LogP contribution in [0, 0.1) is 0 Å². The van der Waals surface area contributed by atoms with E-state index in [2.05, 4.69) is 25.4 Å². The van der Waals surface area contributed by atoms with Gasteiger partial charge in [-0.05, 0) is 0 Å². The minimum atomic E-state index is 0.426. The Bertz CT molecular complexity index is 140. The summed E-state index contributed by atoms with van der Waals surface area (Å²) in [5, 5.41) is 6.08. The predicted molar refractivity (Wildman–Crippen MR) is 27.6 cm³/mol. The number of H-pyrrole nitrogens is 1. The van der Waals surface area contributed by atoms with Crippen LogP contribution in [0.2, 0.25) is 0 Å². The average molecular weight is 126 g/mol. The molecule has 0 atom stereocenters. The van der Waals surface area contributed by atoms with E-state index in [0.717, 1.165) is 0 Å². The lowest BCUT2D eigenvalue weighted by Crippen LogP contribution is -1.96. The summed E-state index contributed by atoms with van der Waals surface area (Å²) in [6.07, 6.45) is 1.81. The van der Waals surface area contributed by atoms with Crippen molar-refractivity contribution < 1.29 is 4.74 Å². The maximum absolute atomic E-state index is 4.83. The molecule has 1 heterocycles. The molecule has 5 heteroatoms. The summed E-state index contributed by atoms with van der Waals surface area (Å²) in [5.74, 6) is 0. The number of ether oxygens (including phenoxy) is 1. The second-order valence-electron chi connectivity index (χ2n) is 1.08. The summed E-state index contributed by atoms with van der Waals surface area (Å²) in [5.41, 5.74) is 0. The standard InChI is InChI=1S/C3H4N3OSi/c8-2-7-3-4-1-5-6-3/h1H,2H2,(H,4,5,6). The zero-order chi connectivity index (χ0) is 5.82. The molecule has 1 aromatic rings. The summed E-state index contributed by atoms with van der Waals surface area (Å²) >= 11 is 0. The van der Waals surface area contributed by atoms with Gasteiger partial charge in [-0.3, -0.25) is 0 Å². The second kappa shape index (κ2) is 2.46. The smallest absolute Gasteiger partial charge is 0.311 e. The Kier molecular flexibility index (Phi) is 1.63. The van der Waals surface area contributed by atoms with E-state index in [4.69, 9.17) is 4.74 Å². The number of nitrogens with one attached hydrogen (secondary N) is 1. The third-order valence-corrected chi connectivity index (χ3v) is 0.746. The summed E-state index contributed by atoms with van der Waals surface area (Å²) in [6.45, 7) is 0. The SMILES string of the molecule is [Si]COc1ncn[nH]1. The number of aromatic nitrogens is 3. The molecule has 0 unspecified atom stereocenters. The first-order valence-electron chi connectivity index (χ1n) is 2.06. The van der Waals surface area contributed by atoms with E-state index in [0.29, 0.717) is 12.2 Å². The normalized spacial score (nSPS) is 9.12. The van der Waals surface area contributed by atoms with Gasteiger partial charge in [0.15, 0.2) is 0 Å². The third-order valence-electron chi connectivity index (χ3n) is 0.602. The fourth-order valence-electron chi connectivity index (χ4n) is 0.332. The maximum atomic E-state index is 4.83. The zero-order valence-electron chi connectivity index (χ0n) is 4.09. The van der Waals surface area contributed by atoms with Crippen LogP contribution in [-0.2, 0) is 0 Å². The first kappa shape index (κ1) is 5.30. The lowest BCUT2D eigenvalue weighted by Gasteiger charge is -1.91. The molecule has 1 aromatic heterocycles. The van der Waals surface area contributed by atoms with Gasteiger partial charge in [0.2, 0.25) is 0 Å². The van der Waals surface area contributed by atoms with E-state index >= 15 is 0 Å². The summed E-state index contributed by atoms with van der Waals surface area (Å²) in [6, 6.07) is 0.431. The molecular weight excluding hydrogens is 122 g/mol. The van der Waals surface area contributed by atoms with Gasteiger partial charge >= 0.3 is 6.01 Å². The summed E-state index contributed by atoms with van der Waals surface area (Å²) < 4.78 is 4.83. The molecular formula is C3H4N3OSi. The lowest BCUT2D eigenvalue weighted by molar-refractivity contribution is 0.357. The molecule has 0 saturated heterocycles. The number of nitrogens with zero attached hydrogens (tertiary/aromatic N) is 2. The van der Waals surface area contributed by atoms with E-state index in [-0.39, 0.29) is 0 Å². The Balaban J connectivity index is 2.50. The molecule has 0 saturated carbocycles. The quantitative estimate of drug-likeness (QED) is 0.533. The molecule has 0 bridgehead atoms. The molecule has 4 nitrogen and oxygen atoms in total. The van der Waals surface area contributed by atoms with E-state index in [9.17, 15) is 0 Å². The molecule has 0 amide bonds. The van der Waals surface area contributed by atoms with E-state index in [1.807, 2.05) is 0 Å². The topological polar surface area (TPSA) is 50.8 Å². The molecule has 3 radical (unpaired) electrons. The van der Waals surface area contributed by atoms with Gasteiger partial charge in [0.25, 0.3) is 0 Å². The van der Waals surface area contributed by atoms with Crippen LogP contribution in [0.25, 0.3) is 0 Å². The van der Waals surface area contributed by atoms with Crippen molar-refractivity contribution in [3.05, 3.63) is 6.33 Å². The molecule has 1 N–H and O–H groups in total. The molecule has 0 spiro atoms. The van der Waals surface area contributed by atoms with Crippen LogP contribution in [-0.4, -0.2) is 31.7 Å². The summed E-state index contributed by atoms with van der Waals surface area (Å²) in [4.78, 5) is 3.69. The fourth-order valence-corrected chi connectivity index (χ4v) is 0.469. The molecule has 0 fully saturated rings. The highest BCUT2D eigenvalue weighted by Gasteiger charge is 1.88. The lowest BCUT2D eigenvalue weighted by atomic mass is 11.2. The molecule has 8 heavy (non-hydrogen) atoms. The number of aromatic amines is 1. The highest BCUT2D eigenvalue weighted by Crippen LogP contribution is 1.92. The van der Waals surface area contributed by atoms with Gasteiger partial charge in [-0.1, -0.05) is 0 Å². The Morgan fingerprint density at radius 1 is 1.88 bits per heavy atom. The van der Waals surface area contributed by atoms with Crippen molar-refractivity contribution in [1.29, 1.82) is 0 Å². The Labute approximate surface area is 49.7 Å². The van der Waals surface area contributed by atoms with E-state index in [1.165, 1.54) is 6.33 Å². The molecule has 0 aliphatic rings. The van der Waals surface area contributed by atoms with E-state index in [1.54, 1.807) is 0 Å². The molecule has 1 rings (SSSR count). The van der Waals surface area contributed by atoms with Gasteiger partial charge in [0.05, 0.1) is 16.5 Å². The highest BCUT2D eigenvalue weighted by molar-refractivity contribution is 6.08. The molecule has 0 aliphatic carbocycles. The third kappa shape index (κ3) is 1.06. The Morgan fingerprint density at radius 3 is 3.25 bits per heavy atom. The van der Waals surface area contributed by atoms with Gasteiger partial charge in [-0.25, -0.2) is 5.10 Å². The van der Waals surface area contributed by atoms with Crippen molar-refractivity contribution >= 4 is 10.2 Å².